The molecule has 1 N–H and O–H groups in total. The highest BCUT2D eigenvalue weighted by molar-refractivity contribution is 7.89. The van der Waals surface area contributed by atoms with Gasteiger partial charge in [0.25, 0.3) is 0 Å². The topological polar surface area (TPSA) is 82.4 Å². The number of ether oxygens (including phenoxy) is 1. The lowest BCUT2D eigenvalue weighted by atomic mass is 10.2. The van der Waals surface area contributed by atoms with Crippen molar-refractivity contribution in [3.05, 3.63) is 59.2 Å². The van der Waals surface area contributed by atoms with Crippen molar-refractivity contribution in [2.24, 2.45) is 0 Å². The van der Waals surface area contributed by atoms with E-state index in [4.69, 9.17) is 10.00 Å². The van der Waals surface area contributed by atoms with E-state index in [1.165, 1.54) is 6.07 Å². The number of benzene rings is 2. The molecule has 7 heteroatoms. The number of hydrogen-bond donors (Lipinski definition) is 1. The maximum atomic E-state index is 12.9. The molecule has 0 aromatic heterocycles. The number of nitrogens with one attached hydrogen (secondary N) is 1. The number of likely N-dealkylation sites (N-methyl/N-ethyl adjacent to an activating group) is 1. The molecule has 0 spiro atoms. The Hall–Kier alpha value is -2.40. The van der Waals surface area contributed by atoms with Crippen molar-refractivity contribution in [3.63, 3.8) is 0 Å². The summed E-state index contributed by atoms with van der Waals surface area (Å²) in [6.45, 7) is 4.99. The van der Waals surface area contributed by atoms with Gasteiger partial charge in [-0.2, -0.15) is 5.26 Å². The minimum absolute atomic E-state index is 0.161. The summed E-state index contributed by atoms with van der Waals surface area (Å²) in [6, 6.07) is 14.6. The fourth-order valence-corrected chi connectivity index (χ4v) is 4.88. The largest absolute Gasteiger partial charge is 0.490 e. The van der Waals surface area contributed by atoms with Gasteiger partial charge in [0.1, 0.15) is 5.75 Å². The Morgan fingerprint density at radius 1 is 1.23 bits per heavy atom. The lowest BCUT2D eigenvalue weighted by Gasteiger charge is -2.24. The van der Waals surface area contributed by atoms with Gasteiger partial charge in [0, 0.05) is 19.1 Å². The van der Waals surface area contributed by atoms with E-state index >= 15 is 0 Å². The first-order chi connectivity index (χ1) is 14.3. The van der Waals surface area contributed by atoms with Gasteiger partial charge in [-0.05, 0) is 68.6 Å². The van der Waals surface area contributed by atoms with E-state index in [-0.39, 0.29) is 10.9 Å². The second-order valence-electron chi connectivity index (χ2n) is 7.98. The molecule has 0 aliphatic heterocycles. The summed E-state index contributed by atoms with van der Waals surface area (Å²) in [5.41, 5.74) is 2.11. The van der Waals surface area contributed by atoms with Gasteiger partial charge in [0.2, 0.25) is 10.0 Å². The fraction of sp³-hybridized carbons (Fsp3) is 0.435. The molecule has 2 aromatic rings. The smallest absolute Gasteiger partial charge is 0.241 e. The zero-order valence-corrected chi connectivity index (χ0v) is 18.6. The van der Waals surface area contributed by atoms with Gasteiger partial charge < -0.3 is 9.64 Å². The maximum absolute atomic E-state index is 12.9. The first-order valence-electron chi connectivity index (χ1n) is 10.3. The molecule has 1 unspecified atom stereocenters. The molecule has 0 radical (unpaired) electrons. The van der Waals surface area contributed by atoms with Crippen molar-refractivity contribution >= 4 is 10.0 Å². The van der Waals surface area contributed by atoms with Gasteiger partial charge in [-0.1, -0.05) is 25.1 Å². The fourth-order valence-electron chi connectivity index (χ4n) is 3.30. The Balaban J connectivity index is 1.60. The Kier molecular flexibility index (Phi) is 7.14. The van der Waals surface area contributed by atoms with Gasteiger partial charge in [-0.25, -0.2) is 13.1 Å². The predicted molar refractivity (Wildman–Crippen MR) is 117 cm³/mol. The van der Waals surface area contributed by atoms with Gasteiger partial charge in [0.15, 0.2) is 0 Å². The zero-order chi connectivity index (χ0) is 21.7. The van der Waals surface area contributed by atoms with Gasteiger partial charge in [-0.15, -0.1) is 0 Å². The van der Waals surface area contributed by atoms with Crippen LogP contribution in [0.5, 0.6) is 5.75 Å². The van der Waals surface area contributed by atoms with E-state index in [0.717, 1.165) is 24.2 Å². The van der Waals surface area contributed by atoms with Crippen LogP contribution >= 0.6 is 0 Å². The SMILES string of the molecule is CCC(CN(C)Cc1ccc(OC2CC2)cc1)NS(=O)(=O)c1cc(C#N)ccc1C. The van der Waals surface area contributed by atoms with Gasteiger partial charge in [-0.3, -0.25) is 0 Å². The van der Waals surface area contributed by atoms with Crippen molar-refractivity contribution in [3.8, 4) is 11.8 Å². The molecule has 0 bridgehead atoms. The normalized spacial score (nSPS) is 15.0. The predicted octanol–water partition coefficient (Wildman–Crippen LogP) is 3.60. The molecule has 1 aliphatic rings. The summed E-state index contributed by atoms with van der Waals surface area (Å²) in [5.74, 6) is 0.901. The lowest BCUT2D eigenvalue weighted by molar-refractivity contribution is 0.290. The molecule has 6 nitrogen and oxygen atoms in total. The van der Waals surface area contributed by atoms with E-state index in [0.29, 0.717) is 36.7 Å². The second kappa shape index (κ2) is 9.61. The van der Waals surface area contributed by atoms with Crippen LogP contribution in [0.1, 0.15) is 42.9 Å². The first-order valence-corrected chi connectivity index (χ1v) is 11.8. The highest BCUT2D eigenvalue weighted by Gasteiger charge is 2.24. The van der Waals surface area contributed by atoms with Crippen molar-refractivity contribution in [1.82, 2.24) is 9.62 Å². The zero-order valence-electron chi connectivity index (χ0n) is 17.8. The van der Waals surface area contributed by atoms with Crippen molar-refractivity contribution in [2.75, 3.05) is 13.6 Å². The Bertz CT molecular complexity index is 1010. The van der Waals surface area contributed by atoms with E-state index in [1.807, 2.05) is 32.2 Å². The van der Waals surface area contributed by atoms with Gasteiger partial charge in [0.05, 0.1) is 22.6 Å². The monoisotopic (exact) mass is 427 g/mol. The molecule has 1 saturated carbocycles. The molecule has 2 aromatic carbocycles. The van der Waals surface area contributed by atoms with Crippen LogP contribution in [0.2, 0.25) is 0 Å². The number of rotatable bonds is 10. The lowest BCUT2D eigenvalue weighted by Crippen LogP contribution is -2.42. The quantitative estimate of drug-likeness (QED) is 0.626. The molecule has 1 fully saturated rings. The van der Waals surface area contributed by atoms with Crippen molar-refractivity contribution in [1.29, 1.82) is 5.26 Å². The van der Waals surface area contributed by atoms with E-state index in [9.17, 15) is 8.42 Å². The van der Waals surface area contributed by atoms with Crippen molar-refractivity contribution < 1.29 is 13.2 Å². The third-order valence-corrected chi connectivity index (χ3v) is 6.82. The van der Waals surface area contributed by atoms with Crippen LogP contribution < -0.4 is 9.46 Å². The van der Waals surface area contributed by atoms with Gasteiger partial charge >= 0.3 is 0 Å². The molecule has 30 heavy (non-hydrogen) atoms. The Morgan fingerprint density at radius 3 is 2.53 bits per heavy atom. The van der Waals surface area contributed by atoms with Crippen LogP contribution in [0, 0.1) is 18.3 Å². The second-order valence-corrected chi connectivity index (χ2v) is 9.66. The van der Waals surface area contributed by atoms with Crippen LogP contribution in [0.3, 0.4) is 0 Å². The summed E-state index contributed by atoms with van der Waals surface area (Å²) in [5, 5.41) is 9.09. The third-order valence-electron chi connectivity index (χ3n) is 5.16. The summed E-state index contributed by atoms with van der Waals surface area (Å²) in [4.78, 5) is 2.26. The van der Waals surface area contributed by atoms with Crippen LogP contribution in [0.15, 0.2) is 47.4 Å². The number of sulfonamides is 1. The number of hydrogen-bond acceptors (Lipinski definition) is 5. The standard InChI is InChI=1S/C23H29N3O3S/c1-4-20(25-30(27,28)23-13-19(14-24)6-5-17(23)2)16-26(3)15-18-7-9-21(10-8-18)29-22-11-12-22/h5-10,13,20,22,25H,4,11-12,15-16H2,1-3H3. The molecule has 3 rings (SSSR count). The summed E-state index contributed by atoms with van der Waals surface area (Å²) in [7, 11) is -1.73. The van der Waals surface area contributed by atoms with Crippen molar-refractivity contribution in [2.45, 2.75) is 56.7 Å². The average Bonchev–Trinajstić information content (AvgIpc) is 3.53. The Labute approximate surface area is 179 Å². The minimum atomic E-state index is -3.71. The molecule has 0 amide bonds. The molecule has 0 saturated heterocycles. The van der Waals surface area contributed by atoms with Crippen LogP contribution in [-0.4, -0.2) is 39.1 Å². The number of nitriles is 1. The molecule has 1 aliphatic carbocycles. The highest BCUT2D eigenvalue weighted by atomic mass is 32.2. The molecule has 1 atom stereocenters. The Morgan fingerprint density at radius 2 is 1.93 bits per heavy atom. The van der Waals surface area contributed by atoms with Crippen LogP contribution in [-0.2, 0) is 16.6 Å². The summed E-state index contributed by atoms with van der Waals surface area (Å²) in [6.07, 6.45) is 3.32. The van der Waals surface area contributed by atoms with Crippen LogP contribution in [0.4, 0.5) is 0 Å². The number of nitrogens with zero attached hydrogens (tertiary/aromatic N) is 2. The summed E-state index contributed by atoms with van der Waals surface area (Å²) < 4.78 is 34.4. The average molecular weight is 428 g/mol. The number of aryl methyl sites for hydroxylation is 1. The van der Waals surface area contributed by atoms with E-state index in [2.05, 4.69) is 21.8 Å². The first kappa shape index (κ1) is 22.3. The maximum Gasteiger partial charge on any atom is 0.241 e. The highest BCUT2D eigenvalue weighted by Crippen LogP contribution is 2.26. The molecular weight excluding hydrogens is 398 g/mol. The van der Waals surface area contributed by atoms with E-state index < -0.39 is 10.0 Å². The minimum Gasteiger partial charge on any atom is -0.490 e. The molecule has 0 heterocycles. The molecular formula is C23H29N3O3S. The molecule has 160 valence electrons. The third kappa shape index (κ3) is 6.05. The van der Waals surface area contributed by atoms with Crippen LogP contribution in [0.25, 0.3) is 0 Å². The van der Waals surface area contributed by atoms with E-state index in [1.54, 1.807) is 19.1 Å². The summed E-state index contributed by atoms with van der Waals surface area (Å²) >= 11 is 0.